The molecule has 0 unspecified atom stereocenters. The standard InChI is InChI=1S/C27H52N4O3Si3/c1-10-20-30(3)21-15-24-35(4,5)33-37(8,9)34-36(6,7)25-16-22-31(23-19-28-11-2)27(32)29-26-17-13-12-14-18-26/h12-14,17-18,28H,11,15-16,19,21-25H2,1-9H3,(H,29,32). The van der Waals surface area contributed by atoms with Crippen LogP contribution in [0, 0.1) is 12.0 Å². The molecular weight excluding hydrogens is 513 g/mol. The molecule has 7 nitrogen and oxygen atoms in total. The van der Waals surface area contributed by atoms with Crippen LogP contribution in [0.4, 0.5) is 10.5 Å². The van der Waals surface area contributed by atoms with E-state index in [4.69, 9.17) is 8.23 Å². The molecule has 2 N–H and O–H groups in total. The smallest absolute Gasteiger partial charge is 0.321 e. The van der Waals surface area contributed by atoms with Gasteiger partial charge in [-0.25, -0.2) is 4.79 Å². The molecule has 1 rings (SSSR count). The van der Waals surface area contributed by atoms with Crippen LogP contribution < -0.4 is 10.6 Å². The van der Waals surface area contributed by atoms with Gasteiger partial charge in [0.25, 0.3) is 0 Å². The minimum Gasteiger partial charge on any atom is -0.437 e. The van der Waals surface area contributed by atoms with Crippen molar-refractivity contribution in [3.63, 3.8) is 0 Å². The van der Waals surface area contributed by atoms with Gasteiger partial charge in [0, 0.05) is 45.0 Å². The van der Waals surface area contributed by atoms with Gasteiger partial charge in [0.05, 0.1) is 0 Å². The molecule has 0 heterocycles. The molecule has 0 aliphatic carbocycles. The summed E-state index contributed by atoms with van der Waals surface area (Å²) in [4.78, 5) is 16.9. The van der Waals surface area contributed by atoms with Crippen LogP contribution in [-0.4, -0.2) is 80.8 Å². The first-order valence-electron chi connectivity index (χ1n) is 13.6. The quantitative estimate of drug-likeness (QED) is 0.106. The lowest BCUT2D eigenvalue weighted by Crippen LogP contribution is -2.52. The van der Waals surface area contributed by atoms with Crippen LogP contribution in [0.2, 0.25) is 51.4 Å². The maximum atomic E-state index is 13.0. The minimum atomic E-state index is -2.26. The molecule has 1 aromatic carbocycles. The molecule has 0 aliphatic heterocycles. The highest BCUT2D eigenvalue weighted by Gasteiger charge is 2.39. The molecule has 0 aliphatic rings. The fourth-order valence-electron chi connectivity index (χ4n) is 4.57. The highest BCUT2D eigenvalue weighted by atomic mass is 28.5. The van der Waals surface area contributed by atoms with E-state index >= 15 is 0 Å². The third kappa shape index (κ3) is 15.4. The number of benzene rings is 1. The first-order valence-corrected chi connectivity index (χ1v) is 22.7. The van der Waals surface area contributed by atoms with E-state index in [1.807, 2.05) is 49.2 Å². The molecule has 0 aromatic heterocycles. The van der Waals surface area contributed by atoms with Gasteiger partial charge >= 0.3 is 14.6 Å². The van der Waals surface area contributed by atoms with Crippen molar-refractivity contribution in [1.29, 1.82) is 0 Å². The largest absolute Gasteiger partial charge is 0.437 e. The second kappa shape index (κ2) is 16.4. The number of nitrogens with one attached hydrogen (secondary N) is 2. The zero-order valence-corrected chi connectivity index (χ0v) is 27.9. The molecule has 0 bridgehead atoms. The van der Waals surface area contributed by atoms with Crippen molar-refractivity contribution in [3.8, 4) is 12.0 Å². The number of rotatable bonds is 17. The van der Waals surface area contributed by atoms with E-state index < -0.39 is 25.2 Å². The summed E-state index contributed by atoms with van der Waals surface area (Å²) in [5, 5.41) is 6.36. The first-order chi connectivity index (χ1) is 17.3. The number of amides is 2. The maximum absolute atomic E-state index is 13.0. The Balaban J connectivity index is 2.62. The second-order valence-electron chi connectivity index (χ2n) is 11.3. The summed E-state index contributed by atoms with van der Waals surface area (Å²) in [7, 11) is -4.01. The monoisotopic (exact) mass is 564 g/mol. The van der Waals surface area contributed by atoms with Crippen molar-refractivity contribution >= 4 is 36.9 Å². The molecule has 0 radical (unpaired) electrons. The van der Waals surface area contributed by atoms with Crippen molar-refractivity contribution in [1.82, 2.24) is 15.1 Å². The highest BCUT2D eigenvalue weighted by molar-refractivity contribution is 6.87. The number of carbonyl (C=O) groups is 1. The lowest BCUT2D eigenvalue weighted by Gasteiger charge is -2.39. The third-order valence-corrected chi connectivity index (χ3v) is 17.4. The average molecular weight is 565 g/mol. The first kappa shape index (κ1) is 33.4. The molecule has 1 aromatic rings. The molecule has 10 heteroatoms. The van der Waals surface area contributed by atoms with Gasteiger partial charge in [-0.05, 0) is 89.8 Å². The number of hydrogen-bond donors (Lipinski definition) is 2. The van der Waals surface area contributed by atoms with E-state index in [0.717, 1.165) is 50.3 Å². The van der Waals surface area contributed by atoms with Crippen molar-refractivity contribution in [2.24, 2.45) is 0 Å². The van der Waals surface area contributed by atoms with E-state index in [1.165, 1.54) is 0 Å². The Kier molecular flexibility index (Phi) is 14.8. The Morgan fingerprint density at radius 3 is 2.03 bits per heavy atom. The fourth-order valence-corrected chi connectivity index (χ4v) is 18.6. The predicted octanol–water partition coefficient (Wildman–Crippen LogP) is 5.97. The van der Waals surface area contributed by atoms with E-state index in [0.29, 0.717) is 13.1 Å². The summed E-state index contributed by atoms with van der Waals surface area (Å²) in [6.45, 7) is 21.5. The Bertz CT molecular complexity index is 857. The zero-order valence-electron chi connectivity index (χ0n) is 24.9. The van der Waals surface area contributed by atoms with Crippen molar-refractivity contribution < 1.29 is 13.0 Å². The molecule has 0 atom stereocenters. The van der Waals surface area contributed by atoms with Gasteiger partial charge in [-0.1, -0.05) is 31.0 Å². The Labute approximate surface area is 230 Å². The SMILES string of the molecule is CC#CN(C)CCC[Si](C)(C)O[Si](C)(C)O[Si](C)(C)CCCN(CCNCC)C(=O)Nc1ccccc1. The number of nitrogens with zero attached hydrogens (tertiary/aromatic N) is 2. The Morgan fingerprint density at radius 1 is 0.919 bits per heavy atom. The van der Waals surface area contributed by atoms with Gasteiger partial charge in [-0.3, -0.25) is 0 Å². The van der Waals surface area contributed by atoms with Crippen LogP contribution in [0.1, 0.15) is 26.7 Å². The summed E-state index contributed by atoms with van der Waals surface area (Å²) in [6.07, 6.45) is 2.01. The molecule has 0 saturated carbocycles. The Hall–Kier alpha value is -1.62. The number of urea groups is 1. The van der Waals surface area contributed by atoms with Gasteiger partial charge in [0.15, 0.2) is 16.6 Å². The van der Waals surface area contributed by atoms with Crippen LogP contribution in [0.5, 0.6) is 0 Å². The van der Waals surface area contributed by atoms with Crippen LogP contribution in [-0.2, 0) is 8.23 Å². The predicted molar refractivity (Wildman–Crippen MR) is 165 cm³/mol. The maximum Gasteiger partial charge on any atom is 0.321 e. The van der Waals surface area contributed by atoms with Gasteiger partial charge < -0.3 is 28.7 Å². The van der Waals surface area contributed by atoms with Crippen LogP contribution >= 0.6 is 0 Å². The number of likely N-dealkylation sites (N-methyl/N-ethyl adjacent to an activating group) is 1. The normalized spacial score (nSPS) is 12.0. The van der Waals surface area contributed by atoms with Gasteiger partial charge in [0.1, 0.15) is 0 Å². The average Bonchev–Trinajstić information content (AvgIpc) is 2.77. The number of para-hydroxylation sites is 1. The second-order valence-corrected chi connectivity index (χ2v) is 23.7. The lowest BCUT2D eigenvalue weighted by atomic mass is 10.3. The van der Waals surface area contributed by atoms with E-state index in [1.54, 1.807) is 0 Å². The van der Waals surface area contributed by atoms with Crippen molar-refractivity contribution in [2.75, 3.05) is 45.1 Å². The zero-order chi connectivity index (χ0) is 28.0. The van der Waals surface area contributed by atoms with E-state index in [-0.39, 0.29) is 6.03 Å². The summed E-state index contributed by atoms with van der Waals surface area (Å²) in [5.74, 6) is 2.95. The molecule has 2 amide bonds. The van der Waals surface area contributed by atoms with E-state index in [9.17, 15) is 4.79 Å². The molecule has 210 valence electrons. The van der Waals surface area contributed by atoms with Crippen LogP contribution in [0.3, 0.4) is 0 Å². The topological polar surface area (TPSA) is 66.1 Å². The van der Waals surface area contributed by atoms with Crippen molar-refractivity contribution in [3.05, 3.63) is 30.3 Å². The van der Waals surface area contributed by atoms with Crippen LogP contribution in [0.15, 0.2) is 30.3 Å². The lowest BCUT2D eigenvalue weighted by molar-refractivity contribution is 0.211. The van der Waals surface area contributed by atoms with Gasteiger partial charge in [0.2, 0.25) is 0 Å². The third-order valence-electron chi connectivity index (χ3n) is 5.95. The summed E-state index contributed by atoms with van der Waals surface area (Å²) < 4.78 is 13.5. The summed E-state index contributed by atoms with van der Waals surface area (Å²) >= 11 is 0. The molecule has 0 fully saturated rings. The fraction of sp³-hybridized carbons (Fsp3) is 0.667. The number of anilines is 1. The summed E-state index contributed by atoms with van der Waals surface area (Å²) in [6, 6.07) is 14.8. The molecular formula is C27H52N4O3Si3. The molecule has 37 heavy (non-hydrogen) atoms. The van der Waals surface area contributed by atoms with Gasteiger partial charge in [-0.2, -0.15) is 0 Å². The summed E-state index contributed by atoms with van der Waals surface area (Å²) in [5.41, 5.74) is 0.820. The number of hydrogen-bond acceptors (Lipinski definition) is 5. The molecule has 0 spiro atoms. The molecule has 0 saturated heterocycles. The number of carbonyl (C=O) groups excluding carboxylic acids is 1. The van der Waals surface area contributed by atoms with Gasteiger partial charge in [-0.15, -0.1) is 0 Å². The minimum absolute atomic E-state index is 0.0501. The van der Waals surface area contributed by atoms with Crippen LogP contribution in [0.25, 0.3) is 0 Å². The highest BCUT2D eigenvalue weighted by Crippen LogP contribution is 2.26. The van der Waals surface area contributed by atoms with E-state index in [2.05, 4.69) is 73.7 Å². The Morgan fingerprint density at radius 2 is 1.49 bits per heavy atom. The van der Waals surface area contributed by atoms with Crippen molar-refractivity contribution in [2.45, 2.75) is 78.1 Å².